The number of pyridine rings is 1. The lowest BCUT2D eigenvalue weighted by molar-refractivity contribution is -0.389. The fourth-order valence-electron chi connectivity index (χ4n) is 1.47. The number of esters is 1. The van der Waals surface area contributed by atoms with E-state index < -0.39 is 35.2 Å². The molecule has 7 nitrogen and oxygen atoms in total. The highest BCUT2D eigenvalue weighted by molar-refractivity contribution is 5.72. The van der Waals surface area contributed by atoms with Crippen LogP contribution in [0.15, 0.2) is 6.07 Å². The minimum absolute atomic E-state index is 0.0682. The molecule has 0 radical (unpaired) electrons. The monoisotopic (exact) mass is 308 g/mol. The predicted molar refractivity (Wildman–Crippen MR) is 62.6 cm³/mol. The zero-order chi connectivity index (χ0) is 16.2. The summed E-state index contributed by atoms with van der Waals surface area (Å²) in [5, 5.41) is 10.7. The molecule has 0 N–H and O–H groups in total. The van der Waals surface area contributed by atoms with Gasteiger partial charge in [0.1, 0.15) is 12.2 Å². The zero-order valence-electron chi connectivity index (χ0n) is 11.1. The Hall–Kier alpha value is -2.39. The number of ether oxygens (including phenoxy) is 2. The van der Waals surface area contributed by atoms with E-state index in [4.69, 9.17) is 0 Å². The highest BCUT2D eigenvalue weighted by Gasteiger charge is 2.34. The van der Waals surface area contributed by atoms with Gasteiger partial charge in [-0.05, 0) is 23.8 Å². The molecule has 0 saturated heterocycles. The molecule has 0 fully saturated rings. The summed E-state index contributed by atoms with van der Waals surface area (Å²) in [6, 6.07) is 0.553. The molecule has 1 rings (SSSR count). The molecule has 0 amide bonds. The number of nitrogens with zero attached hydrogens (tertiary/aromatic N) is 2. The number of carbonyl (C=O) groups is 1. The minimum atomic E-state index is -5.01. The van der Waals surface area contributed by atoms with Gasteiger partial charge in [-0.3, -0.25) is 4.79 Å². The van der Waals surface area contributed by atoms with Crippen LogP contribution in [0.1, 0.15) is 18.2 Å². The van der Waals surface area contributed by atoms with Gasteiger partial charge in [-0.25, -0.2) is 0 Å². The Bertz CT molecular complexity index is 560. The number of nitro groups is 1. The maximum atomic E-state index is 12.3. The molecule has 0 aliphatic heterocycles. The van der Waals surface area contributed by atoms with Gasteiger partial charge >= 0.3 is 18.1 Å². The Morgan fingerprint density at radius 3 is 2.57 bits per heavy atom. The molecule has 116 valence electrons. The van der Waals surface area contributed by atoms with E-state index in [0.717, 1.165) is 0 Å². The Kier molecular flexibility index (Phi) is 5.06. The number of aromatic nitrogens is 1. The summed E-state index contributed by atoms with van der Waals surface area (Å²) < 4.78 is 45.1. The second kappa shape index (κ2) is 6.37. The van der Waals surface area contributed by atoms with Gasteiger partial charge in [0.15, 0.2) is 5.69 Å². The third-order valence-corrected chi connectivity index (χ3v) is 2.34. The van der Waals surface area contributed by atoms with Crippen LogP contribution in [-0.2, 0) is 16.0 Å². The summed E-state index contributed by atoms with van der Waals surface area (Å²) >= 11 is 0. The molecule has 0 aliphatic rings. The van der Waals surface area contributed by atoms with Gasteiger partial charge in [-0.1, -0.05) is 0 Å². The van der Waals surface area contributed by atoms with Crippen molar-refractivity contribution in [2.45, 2.75) is 26.6 Å². The van der Waals surface area contributed by atoms with E-state index in [1.807, 2.05) is 0 Å². The molecule has 0 atom stereocenters. The van der Waals surface area contributed by atoms with Crippen LogP contribution in [0.2, 0.25) is 0 Å². The number of hydrogen-bond acceptors (Lipinski definition) is 6. The fraction of sp³-hybridized carbons (Fsp3) is 0.455. The van der Waals surface area contributed by atoms with Gasteiger partial charge in [-0.2, -0.15) is 0 Å². The van der Waals surface area contributed by atoms with E-state index in [-0.39, 0.29) is 17.9 Å². The fourth-order valence-corrected chi connectivity index (χ4v) is 1.47. The standard InChI is InChI=1S/C11H11F3N2O5/c1-3-20-10(17)4-7-6(2)8(21-11(12,13)14)5-9(15-7)16(18)19/h5H,3-4H2,1-2H3. The molecule has 1 heterocycles. The van der Waals surface area contributed by atoms with Crippen molar-refractivity contribution < 1.29 is 32.4 Å². The maximum absolute atomic E-state index is 12.3. The van der Waals surface area contributed by atoms with Crippen LogP contribution in [0.5, 0.6) is 5.75 Å². The van der Waals surface area contributed by atoms with Crippen molar-refractivity contribution in [1.82, 2.24) is 4.98 Å². The average Bonchev–Trinajstić information content (AvgIpc) is 2.32. The van der Waals surface area contributed by atoms with Crippen LogP contribution in [0.4, 0.5) is 19.0 Å². The molecule has 0 bridgehead atoms. The molecule has 0 aliphatic carbocycles. The van der Waals surface area contributed by atoms with Crippen molar-refractivity contribution in [3.63, 3.8) is 0 Å². The van der Waals surface area contributed by atoms with E-state index in [9.17, 15) is 28.1 Å². The number of rotatable bonds is 5. The van der Waals surface area contributed by atoms with Crippen LogP contribution in [0.25, 0.3) is 0 Å². The van der Waals surface area contributed by atoms with Crippen LogP contribution >= 0.6 is 0 Å². The van der Waals surface area contributed by atoms with Gasteiger partial charge < -0.3 is 19.6 Å². The molecule has 1 aromatic rings. The molecular formula is C11H11F3N2O5. The summed E-state index contributed by atoms with van der Waals surface area (Å²) in [6.45, 7) is 2.83. The summed E-state index contributed by atoms with van der Waals surface area (Å²) in [7, 11) is 0. The normalized spacial score (nSPS) is 11.1. The first-order valence-corrected chi connectivity index (χ1v) is 5.70. The Morgan fingerprint density at radius 2 is 2.10 bits per heavy atom. The summed E-state index contributed by atoms with van der Waals surface area (Å²) in [6.07, 6.45) is -5.50. The van der Waals surface area contributed by atoms with Crippen molar-refractivity contribution >= 4 is 11.8 Å². The number of alkyl halides is 3. The minimum Gasteiger partial charge on any atom is -0.466 e. The van der Waals surface area contributed by atoms with Crippen molar-refractivity contribution in [2.75, 3.05) is 6.61 Å². The molecule has 1 aromatic heterocycles. The van der Waals surface area contributed by atoms with Crippen molar-refractivity contribution in [2.24, 2.45) is 0 Å². The van der Waals surface area contributed by atoms with E-state index in [0.29, 0.717) is 6.07 Å². The summed E-state index contributed by atoms with van der Waals surface area (Å²) in [5.74, 6) is -2.38. The topological polar surface area (TPSA) is 91.6 Å². The van der Waals surface area contributed by atoms with Gasteiger partial charge in [-0.15, -0.1) is 13.2 Å². The number of carbonyl (C=O) groups excluding carboxylic acids is 1. The lowest BCUT2D eigenvalue weighted by Crippen LogP contribution is -2.19. The quantitative estimate of drug-likeness (QED) is 0.471. The third kappa shape index (κ3) is 4.89. The van der Waals surface area contributed by atoms with Gasteiger partial charge in [0.2, 0.25) is 0 Å². The highest BCUT2D eigenvalue weighted by Crippen LogP contribution is 2.30. The van der Waals surface area contributed by atoms with Crippen LogP contribution in [0.3, 0.4) is 0 Å². The van der Waals surface area contributed by atoms with Gasteiger partial charge in [0, 0.05) is 5.56 Å². The molecule has 10 heteroatoms. The average molecular weight is 308 g/mol. The van der Waals surface area contributed by atoms with E-state index in [2.05, 4.69) is 14.5 Å². The maximum Gasteiger partial charge on any atom is 0.573 e. The molecule has 0 aromatic carbocycles. The first-order valence-electron chi connectivity index (χ1n) is 5.70. The van der Waals surface area contributed by atoms with Gasteiger partial charge in [0.05, 0.1) is 12.7 Å². The van der Waals surface area contributed by atoms with Crippen LogP contribution in [0, 0.1) is 17.0 Å². The second-order valence-corrected chi connectivity index (χ2v) is 3.84. The Morgan fingerprint density at radius 1 is 1.48 bits per heavy atom. The van der Waals surface area contributed by atoms with Crippen molar-refractivity contribution in [3.8, 4) is 5.75 Å². The summed E-state index contributed by atoms with van der Waals surface area (Å²) in [4.78, 5) is 24.6. The lowest BCUT2D eigenvalue weighted by Gasteiger charge is -2.12. The third-order valence-electron chi connectivity index (χ3n) is 2.34. The summed E-state index contributed by atoms with van der Waals surface area (Å²) in [5.41, 5.74) is -0.326. The predicted octanol–water partition coefficient (Wildman–Crippen LogP) is 2.30. The van der Waals surface area contributed by atoms with E-state index in [1.165, 1.54) is 6.92 Å². The van der Waals surface area contributed by atoms with E-state index >= 15 is 0 Å². The van der Waals surface area contributed by atoms with Crippen molar-refractivity contribution in [1.29, 1.82) is 0 Å². The SMILES string of the molecule is CCOC(=O)Cc1nc([N+](=O)[O-])cc(OC(F)(F)F)c1C. The number of hydrogen-bond donors (Lipinski definition) is 0. The molecule has 21 heavy (non-hydrogen) atoms. The van der Waals surface area contributed by atoms with Crippen LogP contribution < -0.4 is 4.74 Å². The van der Waals surface area contributed by atoms with Gasteiger partial charge in [0.25, 0.3) is 0 Å². The lowest BCUT2D eigenvalue weighted by atomic mass is 10.1. The van der Waals surface area contributed by atoms with Crippen LogP contribution in [-0.4, -0.2) is 28.8 Å². The number of halogens is 3. The zero-order valence-corrected chi connectivity index (χ0v) is 11.1. The first-order chi connectivity index (χ1) is 9.64. The smallest absolute Gasteiger partial charge is 0.466 e. The highest BCUT2D eigenvalue weighted by atomic mass is 19.4. The largest absolute Gasteiger partial charge is 0.573 e. The van der Waals surface area contributed by atoms with E-state index in [1.54, 1.807) is 6.92 Å². The first kappa shape index (κ1) is 16.7. The Balaban J connectivity index is 3.22. The second-order valence-electron chi connectivity index (χ2n) is 3.84. The molecule has 0 spiro atoms. The molecular weight excluding hydrogens is 297 g/mol. The van der Waals surface area contributed by atoms with Crippen molar-refractivity contribution in [3.05, 3.63) is 27.4 Å². The Labute approximate surface area is 116 Å². The molecule has 0 unspecified atom stereocenters. The molecule has 0 saturated carbocycles.